The maximum Gasteiger partial charge on any atom is 0.407 e. The minimum absolute atomic E-state index is 0.0460. The van der Waals surface area contributed by atoms with Crippen molar-refractivity contribution in [2.24, 2.45) is 0 Å². The summed E-state index contributed by atoms with van der Waals surface area (Å²) < 4.78 is 6.65. The molecular formula is C25H27N3O6. The number of fused-ring (bicyclic) bond motifs is 3. The number of aromatic nitrogens is 2. The first-order valence-corrected chi connectivity index (χ1v) is 11.1. The number of hydrogen-bond acceptors (Lipinski definition) is 6. The van der Waals surface area contributed by atoms with Crippen LogP contribution in [-0.4, -0.2) is 56.4 Å². The average molecular weight is 466 g/mol. The number of carbonyl (C=O) groups excluding carboxylic acids is 1. The SMILES string of the molecule is C[C@@H](C(=O)O)n1cc(C(O)C(O)CCNC(=O)OCC2c3ccccc3-c3ccccc32)cn1. The number of carboxylic acid groups (broad SMARTS) is 1. The van der Waals surface area contributed by atoms with Gasteiger partial charge in [-0.05, 0) is 35.6 Å². The van der Waals surface area contributed by atoms with Gasteiger partial charge in [0.2, 0.25) is 0 Å². The third kappa shape index (κ3) is 4.80. The van der Waals surface area contributed by atoms with Gasteiger partial charge in [0.1, 0.15) is 18.8 Å². The van der Waals surface area contributed by atoms with Crippen LogP contribution in [0.2, 0.25) is 0 Å². The number of aliphatic hydroxyl groups is 2. The molecule has 0 aliphatic heterocycles. The second kappa shape index (κ2) is 10.1. The van der Waals surface area contributed by atoms with Gasteiger partial charge in [-0.15, -0.1) is 0 Å². The number of carbonyl (C=O) groups is 2. The standard InChI is InChI=1S/C25H27N3O6/c1-15(24(31)32)28-13-16(12-27-28)23(30)22(29)10-11-26-25(33)34-14-21-19-8-4-2-6-17(19)18-7-3-5-9-20(18)21/h2-9,12-13,15,21-23,29-30H,10-11,14H2,1H3,(H,26,33)(H,31,32)/t15-,22?,23?/m0/s1. The molecule has 0 radical (unpaired) electrons. The molecule has 9 nitrogen and oxygen atoms in total. The molecule has 1 aliphatic rings. The maximum atomic E-state index is 12.2. The van der Waals surface area contributed by atoms with E-state index in [0.717, 1.165) is 22.3 Å². The van der Waals surface area contributed by atoms with E-state index in [9.17, 15) is 19.8 Å². The zero-order valence-corrected chi connectivity index (χ0v) is 18.7. The van der Waals surface area contributed by atoms with Gasteiger partial charge in [-0.2, -0.15) is 5.10 Å². The molecule has 0 fully saturated rings. The van der Waals surface area contributed by atoms with E-state index in [0.29, 0.717) is 5.56 Å². The van der Waals surface area contributed by atoms with Gasteiger partial charge in [0.15, 0.2) is 0 Å². The van der Waals surface area contributed by atoms with E-state index in [4.69, 9.17) is 9.84 Å². The highest BCUT2D eigenvalue weighted by molar-refractivity contribution is 5.79. The smallest absolute Gasteiger partial charge is 0.407 e. The van der Waals surface area contributed by atoms with Gasteiger partial charge in [-0.1, -0.05) is 48.5 Å². The summed E-state index contributed by atoms with van der Waals surface area (Å²) in [5, 5.41) is 36.2. The molecule has 4 rings (SSSR count). The zero-order chi connectivity index (χ0) is 24.2. The van der Waals surface area contributed by atoms with Crippen LogP contribution in [-0.2, 0) is 9.53 Å². The average Bonchev–Trinajstić information content (AvgIpc) is 3.45. The first-order chi connectivity index (χ1) is 16.4. The zero-order valence-electron chi connectivity index (χ0n) is 18.7. The molecule has 2 unspecified atom stereocenters. The summed E-state index contributed by atoms with van der Waals surface area (Å²) in [6, 6.07) is 15.2. The summed E-state index contributed by atoms with van der Waals surface area (Å²) in [7, 11) is 0. The van der Waals surface area contributed by atoms with E-state index >= 15 is 0 Å². The van der Waals surface area contributed by atoms with Gasteiger partial charge < -0.3 is 25.4 Å². The van der Waals surface area contributed by atoms with Gasteiger partial charge in [0.25, 0.3) is 0 Å². The highest BCUT2D eigenvalue weighted by Gasteiger charge is 2.29. The molecule has 1 aliphatic carbocycles. The van der Waals surface area contributed by atoms with Crippen molar-refractivity contribution in [3.8, 4) is 11.1 Å². The monoisotopic (exact) mass is 465 g/mol. The number of rotatable bonds is 9. The minimum Gasteiger partial charge on any atom is -0.480 e. The number of ether oxygens (including phenoxy) is 1. The summed E-state index contributed by atoms with van der Waals surface area (Å²) in [6.07, 6.45) is -0.277. The van der Waals surface area contributed by atoms with Crippen LogP contribution in [0.3, 0.4) is 0 Å². The van der Waals surface area contributed by atoms with E-state index in [1.807, 2.05) is 36.4 Å². The number of amides is 1. The van der Waals surface area contributed by atoms with Crippen molar-refractivity contribution < 1.29 is 29.6 Å². The Hall–Kier alpha value is -3.69. The van der Waals surface area contributed by atoms with Crippen molar-refractivity contribution in [2.75, 3.05) is 13.2 Å². The van der Waals surface area contributed by atoms with Crippen molar-refractivity contribution in [3.63, 3.8) is 0 Å². The number of benzene rings is 2. The van der Waals surface area contributed by atoms with E-state index in [1.54, 1.807) is 0 Å². The second-order valence-corrected chi connectivity index (χ2v) is 8.32. The van der Waals surface area contributed by atoms with Crippen molar-refractivity contribution in [3.05, 3.63) is 77.6 Å². The molecule has 1 aromatic heterocycles. The maximum absolute atomic E-state index is 12.2. The van der Waals surface area contributed by atoms with Crippen LogP contribution in [0.4, 0.5) is 4.79 Å². The van der Waals surface area contributed by atoms with Crippen LogP contribution < -0.4 is 5.32 Å². The van der Waals surface area contributed by atoms with Crippen LogP contribution >= 0.6 is 0 Å². The first-order valence-electron chi connectivity index (χ1n) is 11.1. The Bertz CT molecular complexity index is 1130. The summed E-state index contributed by atoms with van der Waals surface area (Å²) in [5.74, 6) is -1.10. The second-order valence-electron chi connectivity index (χ2n) is 8.32. The Morgan fingerprint density at radius 1 is 1.09 bits per heavy atom. The lowest BCUT2D eigenvalue weighted by Crippen LogP contribution is -2.30. The van der Waals surface area contributed by atoms with E-state index < -0.39 is 30.3 Å². The molecule has 1 amide bonds. The Balaban J connectivity index is 1.26. The fourth-order valence-corrected chi connectivity index (χ4v) is 4.18. The Labute approximate surface area is 196 Å². The highest BCUT2D eigenvalue weighted by atomic mass is 16.5. The molecule has 2 aromatic carbocycles. The molecule has 0 bridgehead atoms. The highest BCUT2D eigenvalue weighted by Crippen LogP contribution is 2.44. The van der Waals surface area contributed by atoms with Gasteiger partial charge in [0.05, 0.1) is 12.3 Å². The molecule has 1 heterocycles. The molecule has 0 saturated heterocycles. The lowest BCUT2D eigenvalue weighted by molar-refractivity contribution is -0.140. The molecule has 4 N–H and O–H groups in total. The normalized spacial score (nSPS) is 15.1. The summed E-state index contributed by atoms with van der Waals surface area (Å²) in [4.78, 5) is 23.3. The minimum atomic E-state index is -1.26. The van der Waals surface area contributed by atoms with Crippen LogP contribution in [0.15, 0.2) is 60.9 Å². The molecule has 0 spiro atoms. The van der Waals surface area contributed by atoms with Crippen molar-refractivity contribution >= 4 is 12.1 Å². The van der Waals surface area contributed by atoms with Crippen LogP contribution in [0.1, 0.15) is 48.1 Å². The first kappa shape index (κ1) is 23.5. The van der Waals surface area contributed by atoms with Crippen molar-refractivity contribution in [1.82, 2.24) is 15.1 Å². The van der Waals surface area contributed by atoms with Gasteiger partial charge >= 0.3 is 12.1 Å². The van der Waals surface area contributed by atoms with Crippen LogP contribution in [0.5, 0.6) is 0 Å². The fourth-order valence-electron chi connectivity index (χ4n) is 4.18. The molecule has 178 valence electrons. The summed E-state index contributed by atoms with van der Waals surface area (Å²) >= 11 is 0. The van der Waals surface area contributed by atoms with Crippen LogP contribution in [0.25, 0.3) is 11.1 Å². The Kier molecular flexibility index (Phi) is 6.95. The molecule has 0 saturated carbocycles. The molecule has 34 heavy (non-hydrogen) atoms. The molecule has 3 aromatic rings. The number of carboxylic acids is 1. The molecule has 3 atom stereocenters. The summed E-state index contributed by atoms with van der Waals surface area (Å²) in [5.41, 5.74) is 4.82. The van der Waals surface area contributed by atoms with Gasteiger partial charge in [0, 0.05) is 24.2 Å². The van der Waals surface area contributed by atoms with Crippen LogP contribution in [0, 0.1) is 0 Å². The number of aliphatic carboxylic acids is 1. The number of hydrogen-bond donors (Lipinski definition) is 4. The fraction of sp³-hybridized carbons (Fsp3) is 0.320. The lowest BCUT2D eigenvalue weighted by Gasteiger charge is -2.17. The lowest BCUT2D eigenvalue weighted by atomic mass is 9.98. The third-order valence-corrected chi connectivity index (χ3v) is 6.13. The number of alkyl carbamates (subject to hydrolysis) is 1. The van der Waals surface area contributed by atoms with Crippen molar-refractivity contribution in [1.29, 1.82) is 0 Å². The van der Waals surface area contributed by atoms with Crippen molar-refractivity contribution in [2.45, 2.75) is 37.5 Å². The topological polar surface area (TPSA) is 134 Å². The number of aliphatic hydroxyl groups excluding tert-OH is 2. The van der Waals surface area contributed by atoms with E-state index in [2.05, 4.69) is 22.5 Å². The molecule has 9 heteroatoms. The molecular weight excluding hydrogens is 438 g/mol. The number of nitrogens with zero attached hydrogens (tertiary/aromatic N) is 2. The number of nitrogens with one attached hydrogen (secondary N) is 1. The Morgan fingerprint density at radius 3 is 2.32 bits per heavy atom. The van der Waals surface area contributed by atoms with E-state index in [-0.39, 0.29) is 25.5 Å². The predicted octanol–water partition coefficient (Wildman–Crippen LogP) is 2.85. The van der Waals surface area contributed by atoms with Gasteiger partial charge in [-0.25, -0.2) is 9.59 Å². The summed E-state index contributed by atoms with van der Waals surface area (Å²) in [6.45, 7) is 1.74. The predicted molar refractivity (Wildman–Crippen MR) is 123 cm³/mol. The largest absolute Gasteiger partial charge is 0.480 e. The van der Waals surface area contributed by atoms with E-state index in [1.165, 1.54) is 24.0 Å². The van der Waals surface area contributed by atoms with Gasteiger partial charge in [-0.3, -0.25) is 4.68 Å². The quantitative estimate of drug-likeness (QED) is 0.382. The Morgan fingerprint density at radius 2 is 1.71 bits per heavy atom. The third-order valence-electron chi connectivity index (χ3n) is 6.13.